The van der Waals surface area contributed by atoms with Gasteiger partial charge >= 0.3 is 0 Å². The number of ether oxygens (including phenoxy) is 1. The van der Waals surface area contributed by atoms with Crippen LogP contribution in [0.5, 0.6) is 0 Å². The van der Waals surface area contributed by atoms with E-state index < -0.39 is 0 Å². The Bertz CT molecular complexity index is 260. The summed E-state index contributed by atoms with van der Waals surface area (Å²) in [5, 5.41) is 3.20. The van der Waals surface area contributed by atoms with Crippen LogP contribution >= 0.6 is 0 Å². The molecule has 4 heteroatoms. The van der Waals surface area contributed by atoms with Gasteiger partial charge < -0.3 is 14.6 Å². The van der Waals surface area contributed by atoms with E-state index in [1.807, 2.05) is 12.4 Å². The van der Waals surface area contributed by atoms with Crippen LogP contribution in [0.2, 0.25) is 0 Å². The standard InChI is InChI=1S/C11H21N3O/c1-3-5-9-15-10-8-14-7-6-13-11(14)12-4-2/h6-7H,3-5,8-10H2,1-2H3,(H,12,13). The first-order chi connectivity index (χ1) is 7.38. The smallest absolute Gasteiger partial charge is 0.202 e. The van der Waals surface area contributed by atoms with Crippen LogP contribution in [-0.2, 0) is 11.3 Å². The molecule has 4 nitrogen and oxygen atoms in total. The number of unbranched alkanes of at least 4 members (excludes halogenated alkanes) is 1. The van der Waals surface area contributed by atoms with Crippen molar-refractivity contribution in [2.24, 2.45) is 0 Å². The average Bonchev–Trinajstić information content (AvgIpc) is 2.66. The highest BCUT2D eigenvalue weighted by Crippen LogP contribution is 2.03. The molecular weight excluding hydrogens is 190 g/mol. The molecule has 86 valence electrons. The molecule has 0 fully saturated rings. The summed E-state index contributed by atoms with van der Waals surface area (Å²) in [4.78, 5) is 4.22. The third-order valence-corrected chi connectivity index (χ3v) is 2.17. The molecule has 0 aromatic carbocycles. The number of rotatable bonds is 8. The van der Waals surface area contributed by atoms with Gasteiger partial charge in [-0.05, 0) is 13.3 Å². The number of aromatic nitrogens is 2. The minimum atomic E-state index is 0.759. The maximum Gasteiger partial charge on any atom is 0.202 e. The summed E-state index contributed by atoms with van der Waals surface area (Å²) in [6, 6.07) is 0. The Balaban J connectivity index is 2.21. The van der Waals surface area contributed by atoms with Gasteiger partial charge in [-0.1, -0.05) is 13.3 Å². The van der Waals surface area contributed by atoms with Crippen molar-refractivity contribution in [3.05, 3.63) is 12.4 Å². The van der Waals surface area contributed by atoms with E-state index >= 15 is 0 Å². The number of nitrogens with zero attached hydrogens (tertiary/aromatic N) is 2. The van der Waals surface area contributed by atoms with E-state index in [2.05, 4.69) is 28.7 Å². The first-order valence-corrected chi connectivity index (χ1v) is 5.71. The molecule has 0 saturated carbocycles. The predicted octanol–water partition coefficient (Wildman–Crippen LogP) is 2.13. The van der Waals surface area contributed by atoms with Crippen molar-refractivity contribution < 1.29 is 4.74 Å². The molecule has 1 aromatic heterocycles. The lowest BCUT2D eigenvalue weighted by molar-refractivity contribution is 0.124. The summed E-state index contributed by atoms with van der Waals surface area (Å²) in [6.45, 7) is 7.62. The van der Waals surface area contributed by atoms with Crippen molar-refractivity contribution in [1.82, 2.24) is 9.55 Å². The Morgan fingerprint density at radius 2 is 2.27 bits per heavy atom. The summed E-state index contributed by atoms with van der Waals surface area (Å²) < 4.78 is 7.58. The molecule has 1 N–H and O–H groups in total. The van der Waals surface area contributed by atoms with Gasteiger partial charge in [0.25, 0.3) is 0 Å². The van der Waals surface area contributed by atoms with Crippen LogP contribution in [0.1, 0.15) is 26.7 Å². The summed E-state index contributed by atoms with van der Waals surface area (Å²) in [6.07, 6.45) is 6.11. The van der Waals surface area contributed by atoms with Crippen LogP contribution in [0.4, 0.5) is 5.95 Å². The second kappa shape index (κ2) is 7.29. The molecule has 0 aliphatic carbocycles. The number of hydrogen-bond acceptors (Lipinski definition) is 3. The van der Waals surface area contributed by atoms with Gasteiger partial charge in [0, 0.05) is 32.1 Å². The molecule has 0 amide bonds. The Hall–Kier alpha value is -1.03. The number of nitrogens with one attached hydrogen (secondary N) is 1. The van der Waals surface area contributed by atoms with Crippen molar-refractivity contribution in [3.63, 3.8) is 0 Å². The molecule has 0 radical (unpaired) electrons. The third-order valence-electron chi connectivity index (χ3n) is 2.17. The number of anilines is 1. The minimum Gasteiger partial charge on any atom is -0.380 e. The lowest BCUT2D eigenvalue weighted by atomic mass is 10.4. The van der Waals surface area contributed by atoms with E-state index in [-0.39, 0.29) is 0 Å². The van der Waals surface area contributed by atoms with Gasteiger partial charge in [-0.3, -0.25) is 0 Å². The summed E-state index contributed by atoms with van der Waals surface area (Å²) >= 11 is 0. The monoisotopic (exact) mass is 211 g/mol. The van der Waals surface area contributed by atoms with E-state index in [9.17, 15) is 0 Å². The quantitative estimate of drug-likeness (QED) is 0.669. The van der Waals surface area contributed by atoms with Gasteiger partial charge in [0.15, 0.2) is 0 Å². The lowest BCUT2D eigenvalue weighted by Crippen LogP contribution is -2.10. The third kappa shape index (κ3) is 4.34. The molecule has 0 aliphatic rings. The topological polar surface area (TPSA) is 39.1 Å². The molecule has 1 rings (SSSR count). The van der Waals surface area contributed by atoms with E-state index in [4.69, 9.17) is 4.74 Å². The Labute approximate surface area is 91.7 Å². The fourth-order valence-electron chi connectivity index (χ4n) is 1.33. The van der Waals surface area contributed by atoms with Gasteiger partial charge in [0.2, 0.25) is 5.95 Å². The van der Waals surface area contributed by atoms with Gasteiger partial charge in [0.1, 0.15) is 0 Å². The van der Waals surface area contributed by atoms with E-state index in [1.54, 1.807) is 0 Å². The number of imidazole rings is 1. The largest absolute Gasteiger partial charge is 0.380 e. The lowest BCUT2D eigenvalue weighted by Gasteiger charge is -2.08. The van der Waals surface area contributed by atoms with Crippen molar-refractivity contribution in [2.45, 2.75) is 33.2 Å². The van der Waals surface area contributed by atoms with E-state index in [0.717, 1.165) is 38.7 Å². The maximum absolute atomic E-state index is 5.50. The van der Waals surface area contributed by atoms with Gasteiger partial charge in [-0.2, -0.15) is 0 Å². The number of hydrogen-bond donors (Lipinski definition) is 1. The molecule has 1 heterocycles. The van der Waals surface area contributed by atoms with Gasteiger partial charge in [-0.25, -0.2) is 4.98 Å². The van der Waals surface area contributed by atoms with Crippen molar-refractivity contribution >= 4 is 5.95 Å². The van der Waals surface area contributed by atoms with Crippen LogP contribution in [0, 0.1) is 0 Å². The van der Waals surface area contributed by atoms with Crippen LogP contribution in [0.15, 0.2) is 12.4 Å². The van der Waals surface area contributed by atoms with E-state index in [0.29, 0.717) is 0 Å². The van der Waals surface area contributed by atoms with Crippen LogP contribution in [0.25, 0.3) is 0 Å². The second-order valence-electron chi connectivity index (χ2n) is 3.44. The zero-order chi connectivity index (χ0) is 10.9. The van der Waals surface area contributed by atoms with Crippen molar-refractivity contribution in [2.75, 3.05) is 25.1 Å². The Morgan fingerprint density at radius 1 is 1.40 bits per heavy atom. The first kappa shape index (κ1) is 12.0. The Kier molecular flexibility index (Phi) is 5.85. The molecule has 0 atom stereocenters. The predicted molar refractivity (Wildman–Crippen MR) is 62.1 cm³/mol. The zero-order valence-electron chi connectivity index (χ0n) is 9.70. The van der Waals surface area contributed by atoms with Crippen LogP contribution in [0.3, 0.4) is 0 Å². The van der Waals surface area contributed by atoms with Gasteiger partial charge in [-0.15, -0.1) is 0 Å². The summed E-state index contributed by atoms with van der Waals surface area (Å²) in [5.74, 6) is 0.927. The average molecular weight is 211 g/mol. The highest BCUT2D eigenvalue weighted by molar-refractivity contribution is 5.25. The summed E-state index contributed by atoms with van der Waals surface area (Å²) in [7, 11) is 0. The zero-order valence-corrected chi connectivity index (χ0v) is 9.70. The maximum atomic E-state index is 5.50. The van der Waals surface area contributed by atoms with Crippen molar-refractivity contribution in [1.29, 1.82) is 0 Å². The van der Waals surface area contributed by atoms with Crippen LogP contribution in [-0.4, -0.2) is 29.3 Å². The minimum absolute atomic E-state index is 0.759. The van der Waals surface area contributed by atoms with Gasteiger partial charge in [0.05, 0.1) is 6.61 Å². The fraction of sp³-hybridized carbons (Fsp3) is 0.727. The van der Waals surface area contributed by atoms with E-state index in [1.165, 1.54) is 6.42 Å². The fourth-order valence-corrected chi connectivity index (χ4v) is 1.33. The molecule has 0 bridgehead atoms. The normalized spacial score (nSPS) is 10.5. The van der Waals surface area contributed by atoms with Crippen molar-refractivity contribution in [3.8, 4) is 0 Å². The first-order valence-electron chi connectivity index (χ1n) is 5.71. The Morgan fingerprint density at radius 3 is 3.00 bits per heavy atom. The molecule has 0 spiro atoms. The molecule has 0 unspecified atom stereocenters. The molecule has 0 saturated heterocycles. The SMILES string of the molecule is CCCCOCCn1ccnc1NCC. The summed E-state index contributed by atoms with van der Waals surface area (Å²) in [5.41, 5.74) is 0. The second-order valence-corrected chi connectivity index (χ2v) is 3.44. The molecule has 1 aromatic rings. The molecular formula is C11H21N3O. The molecule has 15 heavy (non-hydrogen) atoms. The van der Waals surface area contributed by atoms with Crippen LogP contribution < -0.4 is 5.32 Å². The molecule has 0 aliphatic heterocycles. The highest BCUT2D eigenvalue weighted by Gasteiger charge is 1.99. The highest BCUT2D eigenvalue weighted by atomic mass is 16.5.